The number of carbonyl (C=O) groups excluding carboxylic acids is 1. The van der Waals surface area contributed by atoms with E-state index in [2.05, 4.69) is 12.2 Å². The third kappa shape index (κ3) is 2.96. The second-order valence-electron chi connectivity index (χ2n) is 4.84. The molecular formula is C14H19ClN2O. The van der Waals surface area contributed by atoms with Crippen LogP contribution in [0.2, 0.25) is 5.02 Å². The number of halogens is 1. The molecule has 18 heavy (non-hydrogen) atoms. The minimum Gasteiger partial charge on any atom is -0.335 e. The minimum atomic E-state index is 0.0106. The Morgan fingerprint density at radius 3 is 2.89 bits per heavy atom. The summed E-state index contributed by atoms with van der Waals surface area (Å²) in [6, 6.07) is 8.10. The molecule has 1 aromatic carbocycles. The first-order valence-electron chi connectivity index (χ1n) is 6.39. The molecule has 0 saturated heterocycles. The predicted molar refractivity (Wildman–Crippen MR) is 74.1 cm³/mol. The molecule has 1 N–H and O–H groups in total. The second kappa shape index (κ2) is 5.61. The van der Waals surface area contributed by atoms with Crippen molar-refractivity contribution in [2.45, 2.75) is 31.7 Å². The van der Waals surface area contributed by atoms with Crippen LogP contribution >= 0.6 is 11.6 Å². The van der Waals surface area contributed by atoms with Crippen molar-refractivity contribution < 1.29 is 4.79 Å². The Labute approximate surface area is 113 Å². The van der Waals surface area contributed by atoms with E-state index in [0.717, 1.165) is 30.0 Å². The Kier molecular flexibility index (Phi) is 4.12. The number of hydrogen-bond acceptors (Lipinski definition) is 1. The third-order valence-electron chi connectivity index (χ3n) is 3.31. The molecule has 1 fully saturated rings. The lowest BCUT2D eigenvalue weighted by molar-refractivity contribution is 0.208. The Morgan fingerprint density at radius 1 is 1.50 bits per heavy atom. The van der Waals surface area contributed by atoms with E-state index in [1.165, 1.54) is 0 Å². The van der Waals surface area contributed by atoms with E-state index in [-0.39, 0.29) is 12.1 Å². The number of benzene rings is 1. The lowest BCUT2D eigenvalue weighted by atomic mass is 10.1. The maximum absolute atomic E-state index is 11.8. The normalized spacial score (nSPS) is 21.5. The molecule has 2 rings (SSSR count). The Bertz CT molecular complexity index is 436. The quantitative estimate of drug-likeness (QED) is 0.891. The van der Waals surface area contributed by atoms with Crippen molar-refractivity contribution in [3.05, 3.63) is 34.9 Å². The van der Waals surface area contributed by atoms with Crippen LogP contribution in [0.1, 0.15) is 31.2 Å². The zero-order valence-corrected chi connectivity index (χ0v) is 11.6. The zero-order chi connectivity index (χ0) is 13.1. The van der Waals surface area contributed by atoms with Gasteiger partial charge < -0.3 is 10.2 Å². The van der Waals surface area contributed by atoms with Crippen LogP contribution in [0, 0.1) is 0 Å². The fourth-order valence-electron chi connectivity index (χ4n) is 2.18. The average Bonchev–Trinajstić information content (AvgIpc) is 3.09. The average molecular weight is 267 g/mol. The summed E-state index contributed by atoms with van der Waals surface area (Å²) < 4.78 is 0. The van der Waals surface area contributed by atoms with Gasteiger partial charge in [-0.05, 0) is 24.5 Å². The van der Waals surface area contributed by atoms with Gasteiger partial charge in [0.1, 0.15) is 0 Å². The van der Waals surface area contributed by atoms with E-state index in [0.29, 0.717) is 5.92 Å². The molecule has 0 unspecified atom stereocenters. The fourth-order valence-corrected chi connectivity index (χ4v) is 2.46. The topological polar surface area (TPSA) is 32.3 Å². The molecule has 3 nitrogen and oxygen atoms in total. The fraction of sp³-hybridized carbons (Fsp3) is 0.500. The molecule has 2 amide bonds. The highest BCUT2D eigenvalue weighted by Crippen LogP contribution is 2.43. The number of rotatable bonds is 4. The van der Waals surface area contributed by atoms with Crippen molar-refractivity contribution in [3.8, 4) is 0 Å². The van der Waals surface area contributed by atoms with Gasteiger partial charge in [0.2, 0.25) is 0 Å². The van der Waals surface area contributed by atoms with Gasteiger partial charge in [-0.25, -0.2) is 4.79 Å². The molecule has 4 heteroatoms. The summed E-state index contributed by atoms with van der Waals surface area (Å²) in [5.41, 5.74) is 1.14. The first kappa shape index (κ1) is 13.2. The molecule has 0 bridgehead atoms. The maximum Gasteiger partial charge on any atom is 0.317 e. The van der Waals surface area contributed by atoms with Crippen molar-refractivity contribution in [1.82, 2.24) is 10.2 Å². The number of nitrogens with one attached hydrogen (secondary N) is 1. The summed E-state index contributed by atoms with van der Waals surface area (Å²) in [6.07, 6.45) is 1.96. The van der Waals surface area contributed by atoms with Crippen LogP contribution in [-0.2, 0) is 0 Å². The Morgan fingerprint density at radius 2 is 2.22 bits per heavy atom. The first-order chi connectivity index (χ1) is 8.63. The highest BCUT2D eigenvalue weighted by atomic mass is 35.5. The van der Waals surface area contributed by atoms with Crippen LogP contribution in [0.4, 0.5) is 4.79 Å². The number of amides is 2. The van der Waals surface area contributed by atoms with Gasteiger partial charge in [0.25, 0.3) is 0 Å². The standard InChI is InChI=1S/C14H19ClN2O/c1-3-8-17(2)14(18)16-13-9-11(13)10-6-4-5-7-12(10)15/h4-7,11,13H,3,8-9H2,1-2H3,(H,16,18)/t11-,13+/m1/s1. The van der Waals surface area contributed by atoms with Gasteiger partial charge in [-0.1, -0.05) is 36.7 Å². The summed E-state index contributed by atoms with van der Waals surface area (Å²) >= 11 is 6.15. The summed E-state index contributed by atoms with van der Waals surface area (Å²) in [6.45, 7) is 2.85. The lowest BCUT2D eigenvalue weighted by Crippen LogP contribution is -2.39. The Hall–Kier alpha value is -1.22. The van der Waals surface area contributed by atoms with Crippen molar-refractivity contribution in [1.29, 1.82) is 0 Å². The van der Waals surface area contributed by atoms with Crippen LogP contribution in [-0.4, -0.2) is 30.6 Å². The zero-order valence-electron chi connectivity index (χ0n) is 10.8. The third-order valence-corrected chi connectivity index (χ3v) is 3.65. The predicted octanol–water partition coefficient (Wildman–Crippen LogP) is 3.25. The van der Waals surface area contributed by atoms with E-state index in [9.17, 15) is 4.79 Å². The van der Waals surface area contributed by atoms with Gasteiger partial charge in [0.05, 0.1) is 0 Å². The monoisotopic (exact) mass is 266 g/mol. The van der Waals surface area contributed by atoms with Crippen LogP contribution in [0.3, 0.4) is 0 Å². The maximum atomic E-state index is 11.8. The molecule has 0 radical (unpaired) electrons. The molecule has 1 aliphatic carbocycles. The highest BCUT2D eigenvalue weighted by molar-refractivity contribution is 6.31. The summed E-state index contributed by atoms with van der Waals surface area (Å²) in [4.78, 5) is 13.6. The molecule has 0 aliphatic heterocycles. The summed E-state index contributed by atoms with van der Waals surface area (Å²) in [7, 11) is 1.83. The van der Waals surface area contributed by atoms with Crippen LogP contribution in [0.5, 0.6) is 0 Å². The van der Waals surface area contributed by atoms with Gasteiger partial charge in [-0.2, -0.15) is 0 Å². The van der Waals surface area contributed by atoms with Gasteiger partial charge in [0.15, 0.2) is 0 Å². The van der Waals surface area contributed by atoms with Crippen LogP contribution in [0.25, 0.3) is 0 Å². The second-order valence-corrected chi connectivity index (χ2v) is 5.25. The van der Waals surface area contributed by atoms with Gasteiger partial charge in [0, 0.05) is 30.6 Å². The van der Waals surface area contributed by atoms with Gasteiger partial charge in [-0.3, -0.25) is 0 Å². The SMILES string of the molecule is CCCN(C)C(=O)N[C@H]1C[C@@H]1c1ccccc1Cl. The lowest BCUT2D eigenvalue weighted by Gasteiger charge is -2.17. The van der Waals surface area contributed by atoms with Gasteiger partial charge >= 0.3 is 6.03 Å². The van der Waals surface area contributed by atoms with Crippen LogP contribution in [0.15, 0.2) is 24.3 Å². The number of nitrogens with zero attached hydrogens (tertiary/aromatic N) is 1. The van der Waals surface area contributed by atoms with Crippen molar-refractivity contribution in [3.63, 3.8) is 0 Å². The van der Waals surface area contributed by atoms with Gasteiger partial charge in [-0.15, -0.1) is 0 Å². The number of hydrogen-bond donors (Lipinski definition) is 1. The van der Waals surface area contributed by atoms with Crippen molar-refractivity contribution in [2.24, 2.45) is 0 Å². The van der Waals surface area contributed by atoms with E-state index < -0.39 is 0 Å². The molecule has 2 atom stereocenters. The number of urea groups is 1. The van der Waals surface area contributed by atoms with E-state index >= 15 is 0 Å². The summed E-state index contributed by atoms with van der Waals surface area (Å²) in [5, 5.41) is 3.84. The van der Waals surface area contributed by atoms with Crippen molar-refractivity contribution >= 4 is 17.6 Å². The molecule has 0 aromatic heterocycles. The molecular weight excluding hydrogens is 248 g/mol. The molecule has 1 saturated carbocycles. The minimum absolute atomic E-state index is 0.0106. The summed E-state index contributed by atoms with van der Waals surface area (Å²) in [5.74, 6) is 0.373. The molecule has 0 spiro atoms. The highest BCUT2D eigenvalue weighted by Gasteiger charge is 2.40. The molecule has 1 aliphatic rings. The van der Waals surface area contributed by atoms with E-state index in [1.54, 1.807) is 4.90 Å². The smallest absolute Gasteiger partial charge is 0.317 e. The number of carbonyl (C=O) groups is 1. The molecule has 98 valence electrons. The molecule has 0 heterocycles. The van der Waals surface area contributed by atoms with Crippen molar-refractivity contribution in [2.75, 3.05) is 13.6 Å². The Balaban J connectivity index is 1.89. The van der Waals surface area contributed by atoms with E-state index in [1.807, 2.05) is 31.3 Å². The first-order valence-corrected chi connectivity index (χ1v) is 6.77. The largest absolute Gasteiger partial charge is 0.335 e. The van der Waals surface area contributed by atoms with Crippen LogP contribution < -0.4 is 5.32 Å². The molecule has 1 aromatic rings. The van der Waals surface area contributed by atoms with E-state index in [4.69, 9.17) is 11.6 Å².